The van der Waals surface area contributed by atoms with Crippen LogP contribution in [0.15, 0.2) is 0 Å². The fourth-order valence-electron chi connectivity index (χ4n) is 1.17. The van der Waals surface area contributed by atoms with Crippen molar-refractivity contribution in [3.8, 4) is 0 Å². The third kappa shape index (κ3) is 2.64. The summed E-state index contributed by atoms with van der Waals surface area (Å²) in [7, 11) is 0. The number of ether oxygens (including phenoxy) is 1. The van der Waals surface area contributed by atoms with Gasteiger partial charge in [-0.2, -0.15) is 0 Å². The van der Waals surface area contributed by atoms with Gasteiger partial charge in [-0.3, -0.25) is 0 Å². The molecule has 3 nitrogen and oxygen atoms in total. The molecule has 0 aromatic rings. The van der Waals surface area contributed by atoms with E-state index in [0.717, 1.165) is 19.7 Å². The van der Waals surface area contributed by atoms with Crippen LogP contribution in [0.4, 0.5) is 0 Å². The highest BCUT2D eigenvalue weighted by Gasteiger charge is 2.13. The van der Waals surface area contributed by atoms with E-state index in [0.29, 0.717) is 12.6 Å². The summed E-state index contributed by atoms with van der Waals surface area (Å²) in [5.74, 6) is 0. The fourth-order valence-corrected chi connectivity index (χ4v) is 1.17. The van der Waals surface area contributed by atoms with Crippen LogP contribution in [-0.4, -0.2) is 32.3 Å². The van der Waals surface area contributed by atoms with Gasteiger partial charge in [0, 0.05) is 26.2 Å². The Labute approximate surface area is 61.9 Å². The lowest BCUT2D eigenvalue weighted by molar-refractivity contribution is 0.110. The Morgan fingerprint density at radius 1 is 1.60 bits per heavy atom. The lowest BCUT2D eigenvalue weighted by Gasteiger charge is -2.08. The Hall–Kier alpha value is -0.120. The minimum absolute atomic E-state index is 0.451. The Morgan fingerprint density at radius 2 is 2.50 bits per heavy atom. The van der Waals surface area contributed by atoms with Crippen LogP contribution in [0, 0.1) is 0 Å². The molecule has 0 bridgehead atoms. The molecule has 0 aromatic heterocycles. The van der Waals surface area contributed by atoms with Gasteiger partial charge >= 0.3 is 0 Å². The molecule has 1 saturated heterocycles. The minimum Gasteiger partial charge on any atom is -0.377 e. The summed E-state index contributed by atoms with van der Waals surface area (Å²) in [4.78, 5) is 0. The zero-order valence-electron chi connectivity index (χ0n) is 6.31. The maximum Gasteiger partial charge on any atom is 0.0700 e. The van der Waals surface area contributed by atoms with Gasteiger partial charge in [0.15, 0.2) is 0 Å². The first-order valence-electron chi connectivity index (χ1n) is 3.96. The highest BCUT2D eigenvalue weighted by molar-refractivity contribution is 4.66. The van der Waals surface area contributed by atoms with Crippen LogP contribution in [0.5, 0.6) is 0 Å². The second kappa shape index (κ2) is 4.66. The molecular formula is C7H16N2O. The van der Waals surface area contributed by atoms with Gasteiger partial charge in [0.05, 0.1) is 6.10 Å². The minimum atomic E-state index is 0.451. The van der Waals surface area contributed by atoms with E-state index in [2.05, 4.69) is 5.32 Å². The van der Waals surface area contributed by atoms with Gasteiger partial charge in [0.25, 0.3) is 0 Å². The van der Waals surface area contributed by atoms with Gasteiger partial charge in [-0.05, 0) is 12.8 Å². The predicted molar refractivity (Wildman–Crippen MR) is 40.9 cm³/mol. The number of hydrogen-bond acceptors (Lipinski definition) is 3. The van der Waals surface area contributed by atoms with Crippen LogP contribution in [0.2, 0.25) is 0 Å². The van der Waals surface area contributed by atoms with E-state index in [1.807, 2.05) is 0 Å². The second-order valence-corrected chi connectivity index (χ2v) is 2.63. The molecule has 1 aliphatic rings. The lowest BCUT2D eigenvalue weighted by Crippen LogP contribution is -2.30. The van der Waals surface area contributed by atoms with Gasteiger partial charge in [-0.25, -0.2) is 0 Å². The molecule has 0 aliphatic carbocycles. The van der Waals surface area contributed by atoms with Gasteiger partial charge < -0.3 is 15.8 Å². The third-order valence-corrected chi connectivity index (χ3v) is 1.72. The zero-order chi connectivity index (χ0) is 7.23. The average molecular weight is 144 g/mol. The molecule has 3 heteroatoms. The van der Waals surface area contributed by atoms with Crippen molar-refractivity contribution in [2.45, 2.75) is 18.9 Å². The van der Waals surface area contributed by atoms with Crippen LogP contribution in [0.1, 0.15) is 12.8 Å². The van der Waals surface area contributed by atoms with Gasteiger partial charge in [-0.1, -0.05) is 0 Å². The number of rotatable bonds is 4. The molecule has 0 amide bonds. The molecule has 0 aromatic carbocycles. The molecule has 0 radical (unpaired) electrons. The van der Waals surface area contributed by atoms with E-state index < -0.39 is 0 Å². The smallest absolute Gasteiger partial charge is 0.0700 e. The summed E-state index contributed by atoms with van der Waals surface area (Å²) in [6.07, 6.45) is 2.87. The summed E-state index contributed by atoms with van der Waals surface area (Å²) < 4.78 is 5.40. The summed E-state index contributed by atoms with van der Waals surface area (Å²) in [5, 5.41) is 3.23. The summed E-state index contributed by atoms with van der Waals surface area (Å²) in [5.41, 5.74) is 5.31. The summed E-state index contributed by atoms with van der Waals surface area (Å²) in [6, 6.07) is 0. The van der Waals surface area contributed by atoms with Gasteiger partial charge in [0.2, 0.25) is 0 Å². The molecule has 10 heavy (non-hydrogen) atoms. The second-order valence-electron chi connectivity index (χ2n) is 2.63. The molecule has 3 N–H and O–H groups in total. The molecular weight excluding hydrogens is 128 g/mol. The van der Waals surface area contributed by atoms with E-state index in [1.165, 1.54) is 12.8 Å². The van der Waals surface area contributed by atoms with E-state index in [-0.39, 0.29) is 0 Å². The normalized spacial score (nSPS) is 25.5. The first-order chi connectivity index (χ1) is 4.93. The van der Waals surface area contributed by atoms with Crippen LogP contribution in [0.25, 0.3) is 0 Å². The Balaban J connectivity index is 1.91. The van der Waals surface area contributed by atoms with Gasteiger partial charge in [-0.15, -0.1) is 0 Å². The van der Waals surface area contributed by atoms with E-state index >= 15 is 0 Å². The van der Waals surface area contributed by atoms with Crippen molar-refractivity contribution in [1.29, 1.82) is 0 Å². The van der Waals surface area contributed by atoms with E-state index in [1.54, 1.807) is 0 Å². The molecule has 0 saturated carbocycles. The Kier molecular flexibility index (Phi) is 3.72. The molecule has 1 aliphatic heterocycles. The van der Waals surface area contributed by atoms with Crippen molar-refractivity contribution in [2.75, 3.05) is 26.2 Å². The first kappa shape index (κ1) is 7.98. The number of hydrogen-bond donors (Lipinski definition) is 2. The third-order valence-electron chi connectivity index (χ3n) is 1.72. The van der Waals surface area contributed by atoms with Crippen LogP contribution < -0.4 is 11.1 Å². The standard InChI is InChI=1S/C7H16N2O/c8-3-4-9-6-7-2-1-5-10-7/h7,9H,1-6,8H2/t7-/m0/s1. The highest BCUT2D eigenvalue weighted by atomic mass is 16.5. The maximum atomic E-state index is 5.40. The topological polar surface area (TPSA) is 47.3 Å². The number of nitrogens with two attached hydrogens (primary N) is 1. The first-order valence-corrected chi connectivity index (χ1v) is 3.96. The average Bonchev–Trinajstić information content (AvgIpc) is 2.41. The van der Waals surface area contributed by atoms with Crippen molar-refractivity contribution >= 4 is 0 Å². The highest BCUT2D eigenvalue weighted by Crippen LogP contribution is 2.09. The quantitative estimate of drug-likeness (QED) is 0.533. The van der Waals surface area contributed by atoms with Crippen LogP contribution in [0.3, 0.4) is 0 Å². The molecule has 1 rings (SSSR count). The SMILES string of the molecule is NCCNC[C@@H]1CCCO1. The van der Waals surface area contributed by atoms with E-state index in [9.17, 15) is 0 Å². The fraction of sp³-hybridized carbons (Fsp3) is 1.00. The largest absolute Gasteiger partial charge is 0.377 e. The predicted octanol–water partition coefficient (Wildman–Crippen LogP) is -0.286. The van der Waals surface area contributed by atoms with Crippen LogP contribution in [-0.2, 0) is 4.74 Å². The summed E-state index contributed by atoms with van der Waals surface area (Å²) in [6.45, 7) is 3.53. The molecule has 0 spiro atoms. The van der Waals surface area contributed by atoms with Crippen molar-refractivity contribution in [3.63, 3.8) is 0 Å². The molecule has 1 fully saturated rings. The Morgan fingerprint density at radius 3 is 3.10 bits per heavy atom. The Bertz CT molecular complexity index is 81.7. The van der Waals surface area contributed by atoms with Crippen molar-refractivity contribution < 1.29 is 4.74 Å². The molecule has 1 atom stereocenters. The lowest BCUT2D eigenvalue weighted by atomic mass is 10.2. The monoisotopic (exact) mass is 144 g/mol. The molecule has 60 valence electrons. The maximum absolute atomic E-state index is 5.40. The van der Waals surface area contributed by atoms with Crippen molar-refractivity contribution in [2.24, 2.45) is 5.73 Å². The van der Waals surface area contributed by atoms with E-state index in [4.69, 9.17) is 10.5 Å². The van der Waals surface area contributed by atoms with Gasteiger partial charge in [0.1, 0.15) is 0 Å². The van der Waals surface area contributed by atoms with Crippen LogP contribution >= 0.6 is 0 Å². The number of nitrogens with one attached hydrogen (secondary N) is 1. The summed E-state index contributed by atoms with van der Waals surface area (Å²) >= 11 is 0. The molecule has 1 heterocycles. The molecule has 0 unspecified atom stereocenters. The van der Waals surface area contributed by atoms with Crippen molar-refractivity contribution in [1.82, 2.24) is 5.32 Å². The zero-order valence-corrected chi connectivity index (χ0v) is 6.31. The van der Waals surface area contributed by atoms with Crippen molar-refractivity contribution in [3.05, 3.63) is 0 Å².